The van der Waals surface area contributed by atoms with E-state index >= 15 is 0 Å². The summed E-state index contributed by atoms with van der Waals surface area (Å²) in [7, 11) is -10.2. The molecule has 144 valence electrons. The SMILES string of the molecule is N#[N+]c1cc(-c2cc3ccccc3c(S(=O)(=O)O)c2S(=O)(=O)O)c(Cl)cc1Cl. The van der Waals surface area contributed by atoms with Gasteiger partial charge in [0.1, 0.15) is 14.8 Å². The van der Waals surface area contributed by atoms with Crippen LogP contribution >= 0.6 is 23.2 Å². The van der Waals surface area contributed by atoms with Gasteiger partial charge < -0.3 is 0 Å². The molecule has 0 aliphatic rings. The molecule has 3 aromatic rings. The van der Waals surface area contributed by atoms with E-state index in [0.717, 1.165) is 12.1 Å². The van der Waals surface area contributed by atoms with Crippen molar-refractivity contribution in [2.75, 3.05) is 0 Å². The van der Waals surface area contributed by atoms with Gasteiger partial charge in [0.25, 0.3) is 20.2 Å². The van der Waals surface area contributed by atoms with Gasteiger partial charge >= 0.3 is 5.69 Å². The van der Waals surface area contributed by atoms with E-state index < -0.39 is 30.0 Å². The summed E-state index contributed by atoms with van der Waals surface area (Å²) >= 11 is 12.0. The van der Waals surface area contributed by atoms with Crippen molar-refractivity contribution in [2.45, 2.75) is 9.79 Å². The Bertz CT molecular complexity index is 1400. The van der Waals surface area contributed by atoms with Crippen LogP contribution in [-0.2, 0) is 20.2 Å². The number of fused-ring (bicyclic) bond motifs is 1. The van der Waals surface area contributed by atoms with Crippen LogP contribution in [0.25, 0.3) is 26.9 Å². The third-order valence-electron chi connectivity index (χ3n) is 3.91. The fraction of sp³-hybridized carbons (Fsp3) is 0. The van der Waals surface area contributed by atoms with Crippen molar-refractivity contribution in [1.82, 2.24) is 0 Å². The number of rotatable bonds is 3. The van der Waals surface area contributed by atoms with Crippen molar-refractivity contribution in [1.29, 1.82) is 5.39 Å². The Morgan fingerprint density at radius 3 is 2.00 bits per heavy atom. The molecule has 0 radical (unpaired) electrons. The highest BCUT2D eigenvalue weighted by atomic mass is 35.5. The Hall–Kier alpha value is -2.26. The first-order valence-corrected chi connectivity index (χ1v) is 10.9. The number of diazo groups is 1. The largest absolute Gasteiger partial charge is 0.404 e. The van der Waals surface area contributed by atoms with E-state index in [9.17, 15) is 25.9 Å². The fourth-order valence-corrected chi connectivity index (χ4v) is 5.58. The quantitative estimate of drug-likeness (QED) is 0.423. The number of hydrogen-bond donors (Lipinski definition) is 2. The maximum absolute atomic E-state index is 12.1. The van der Waals surface area contributed by atoms with Gasteiger partial charge in [-0.15, -0.1) is 0 Å². The molecule has 0 aliphatic carbocycles. The first kappa shape index (κ1) is 20.5. The molecule has 0 aromatic heterocycles. The zero-order valence-corrected chi connectivity index (χ0v) is 16.7. The van der Waals surface area contributed by atoms with Crippen LogP contribution in [0.1, 0.15) is 0 Å². The molecule has 0 bridgehead atoms. The lowest BCUT2D eigenvalue weighted by Gasteiger charge is -2.15. The Morgan fingerprint density at radius 2 is 1.43 bits per heavy atom. The molecule has 0 fully saturated rings. The van der Waals surface area contributed by atoms with E-state index in [1.165, 1.54) is 24.3 Å². The molecule has 0 aliphatic heterocycles. The summed E-state index contributed by atoms with van der Waals surface area (Å²) < 4.78 is 67.7. The van der Waals surface area contributed by atoms with E-state index in [2.05, 4.69) is 4.98 Å². The summed E-state index contributed by atoms with van der Waals surface area (Å²) in [5.74, 6) is 0. The monoisotopic (exact) mass is 459 g/mol. The van der Waals surface area contributed by atoms with Crippen LogP contribution in [0.15, 0.2) is 52.3 Å². The average molecular weight is 460 g/mol. The predicted octanol–water partition coefficient (Wildman–Crippen LogP) is 4.79. The molecule has 12 heteroatoms. The van der Waals surface area contributed by atoms with Crippen LogP contribution < -0.4 is 0 Å². The van der Waals surface area contributed by atoms with Crippen molar-refractivity contribution in [3.8, 4) is 11.1 Å². The Morgan fingerprint density at radius 1 is 0.821 bits per heavy atom. The first-order chi connectivity index (χ1) is 12.9. The minimum Gasteiger partial charge on any atom is -0.282 e. The lowest BCUT2D eigenvalue weighted by molar-refractivity contribution is 0.468. The average Bonchev–Trinajstić information content (AvgIpc) is 2.58. The summed E-state index contributed by atoms with van der Waals surface area (Å²) in [6.45, 7) is 0. The summed E-state index contributed by atoms with van der Waals surface area (Å²) in [5, 5.41) is 9.01. The predicted molar refractivity (Wildman–Crippen MR) is 104 cm³/mol. The van der Waals surface area contributed by atoms with E-state index in [0.29, 0.717) is 0 Å². The maximum Gasteiger partial charge on any atom is 0.404 e. The number of benzene rings is 3. The van der Waals surface area contributed by atoms with Crippen LogP contribution in [0.2, 0.25) is 10.0 Å². The molecule has 0 saturated carbocycles. The van der Waals surface area contributed by atoms with Crippen molar-refractivity contribution in [3.05, 3.63) is 57.5 Å². The summed E-state index contributed by atoms with van der Waals surface area (Å²) in [4.78, 5) is 0.882. The van der Waals surface area contributed by atoms with Crippen molar-refractivity contribution in [2.24, 2.45) is 0 Å². The zero-order chi connectivity index (χ0) is 20.9. The summed E-state index contributed by atoms with van der Waals surface area (Å²) in [5.41, 5.74) is -0.605. The van der Waals surface area contributed by atoms with E-state index in [1.807, 2.05) is 0 Å². The Labute approximate surface area is 169 Å². The van der Waals surface area contributed by atoms with Crippen molar-refractivity contribution < 1.29 is 25.9 Å². The lowest BCUT2D eigenvalue weighted by Crippen LogP contribution is -2.11. The summed E-state index contributed by atoms with van der Waals surface area (Å²) in [6.07, 6.45) is 0. The van der Waals surface area contributed by atoms with Crippen LogP contribution in [0, 0.1) is 5.39 Å². The highest BCUT2D eigenvalue weighted by Crippen LogP contribution is 2.43. The van der Waals surface area contributed by atoms with Gasteiger partial charge in [-0.25, -0.2) is 0 Å². The van der Waals surface area contributed by atoms with Crippen LogP contribution in [-0.4, -0.2) is 25.9 Å². The minimum atomic E-state index is -5.16. The molecule has 8 nitrogen and oxygen atoms in total. The number of nitrogens with zero attached hydrogens (tertiary/aromatic N) is 2. The molecule has 0 spiro atoms. The minimum absolute atomic E-state index is 0.0551. The second kappa shape index (κ2) is 6.97. The molecule has 0 unspecified atom stereocenters. The van der Waals surface area contributed by atoms with Gasteiger partial charge in [-0.1, -0.05) is 47.5 Å². The van der Waals surface area contributed by atoms with Gasteiger partial charge in [-0.05, 0) is 17.5 Å². The molecule has 2 N–H and O–H groups in total. The molecule has 0 saturated heterocycles. The lowest BCUT2D eigenvalue weighted by atomic mass is 10.0. The summed E-state index contributed by atoms with van der Waals surface area (Å²) in [6, 6.07) is 9.27. The molecule has 28 heavy (non-hydrogen) atoms. The van der Waals surface area contributed by atoms with Gasteiger partial charge in [-0.2, -0.15) is 16.8 Å². The van der Waals surface area contributed by atoms with Gasteiger partial charge in [0.15, 0.2) is 4.98 Å². The topological polar surface area (TPSA) is 137 Å². The molecule has 0 heterocycles. The van der Waals surface area contributed by atoms with Gasteiger partial charge in [0.05, 0.1) is 5.02 Å². The molecular formula is C16H9Cl2N2O6S2+. The highest BCUT2D eigenvalue weighted by Gasteiger charge is 2.32. The highest BCUT2D eigenvalue weighted by molar-refractivity contribution is 7.89. The van der Waals surface area contributed by atoms with E-state index in [1.54, 1.807) is 6.07 Å². The van der Waals surface area contributed by atoms with Crippen molar-refractivity contribution >= 4 is 59.9 Å². The van der Waals surface area contributed by atoms with Gasteiger partial charge in [0, 0.05) is 22.6 Å². The normalized spacial score (nSPS) is 12.1. The van der Waals surface area contributed by atoms with Crippen LogP contribution in [0.4, 0.5) is 5.69 Å². The number of hydrogen-bond acceptors (Lipinski definition) is 5. The second-order valence-electron chi connectivity index (χ2n) is 5.64. The van der Waals surface area contributed by atoms with E-state index in [-0.39, 0.29) is 37.6 Å². The molecule has 3 rings (SSSR count). The van der Waals surface area contributed by atoms with Gasteiger partial charge in [-0.3, -0.25) is 9.11 Å². The Balaban J connectivity index is 2.65. The molecular weight excluding hydrogens is 451 g/mol. The van der Waals surface area contributed by atoms with Gasteiger partial charge in [0.2, 0.25) is 5.39 Å². The second-order valence-corrected chi connectivity index (χ2v) is 9.17. The van der Waals surface area contributed by atoms with Crippen LogP contribution in [0.5, 0.6) is 0 Å². The standard InChI is InChI=1S/C16H8Cl2N2O6S2/c17-12-7-13(18)14(20-19)6-10(12)11-5-8-3-1-2-4-9(8)15(27(21,22)23)16(11)28(24,25)26/h1-7H,(H-,21,22,23,24,25,26)/p+1. The number of halogens is 2. The smallest absolute Gasteiger partial charge is 0.282 e. The zero-order valence-electron chi connectivity index (χ0n) is 13.5. The molecule has 0 amide bonds. The first-order valence-electron chi connectivity index (χ1n) is 7.30. The fourth-order valence-electron chi connectivity index (χ4n) is 2.83. The maximum atomic E-state index is 12.1. The Kier molecular flexibility index (Phi) is 5.09. The molecule has 0 atom stereocenters. The third kappa shape index (κ3) is 3.56. The third-order valence-corrected chi connectivity index (χ3v) is 6.53. The molecule has 3 aromatic carbocycles. The van der Waals surface area contributed by atoms with Crippen LogP contribution in [0.3, 0.4) is 0 Å². The van der Waals surface area contributed by atoms with Crippen molar-refractivity contribution in [3.63, 3.8) is 0 Å². The van der Waals surface area contributed by atoms with E-state index in [4.69, 9.17) is 28.6 Å².